The monoisotopic (exact) mass is 263 g/mol. The maximum atomic E-state index is 10.4. The molecule has 0 aliphatic carbocycles. The van der Waals surface area contributed by atoms with Crippen molar-refractivity contribution in [3.63, 3.8) is 0 Å². The molecule has 0 aliphatic heterocycles. The molecule has 0 amide bonds. The molecular weight excluding hydrogens is 254 g/mol. The van der Waals surface area contributed by atoms with Crippen molar-refractivity contribution in [2.24, 2.45) is 0 Å². The summed E-state index contributed by atoms with van der Waals surface area (Å²) in [5.41, 5.74) is -0.945. The van der Waals surface area contributed by atoms with E-state index in [1.54, 1.807) is 13.8 Å². The molecular formula is C7H10BrN3O3. The van der Waals surface area contributed by atoms with Crippen LogP contribution in [0.25, 0.3) is 0 Å². The van der Waals surface area contributed by atoms with Crippen LogP contribution in [0.15, 0.2) is 10.7 Å². The Morgan fingerprint density at radius 1 is 1.79 bits per heavy atom. The lowest BCUT2D eigenvalue weighted by molar-refractivity contribution is -0.390. The molecule has 0 saturated heterocycles. The van der Waals surface area contributed by atoms with E-state index in [-0.39, 0.29) is 12.4 Å². The van der Waals surface area contributed by atoms with E-state index >= 15 is 0 Å². The molecule has 6 nitrogen and oxygen atoms in total. The summed E-state index contributed by atoms with van der Waals surface area (Å²) in [5.74, 6) is -0.241. The fourth-order valence-corrected chi connectivity index (χ4v) is 1.45. The number of halogens is 1. The molecule has 0 bridgehead atoms. The topological polar surface area (TPSA) is 81.2 Å². The van der Waals surface area contributed by atoms with Gasteiger partial charge in [0.1, 0.15) is 4.47 Å². The number of aromatic nitrogens is 2. The number of nitrogens with zero attached hydrogens (tertiary/aromatic N) is 3. The minimum absolute atomic E-state index is 0.208. The predicted molar refractivity (Wildman–Crippen MR) is 52.9 cm³/mol. The zero-order valence-electron chi connectivity index (χ0n) is 7.77. The summed E-state index contributed by atoms with van der Waals surface area (Å²) in [6.07, 6.45) is 1.47. The largest absolute Gasteiger partial charge is 0.404 e. The van der Waals surface area contributed by atoms with Crippen molar-refractivity contribution in [2.45, 2.75) is 26.0 Å². The second-order valence-corrected chi connectivity index (χ2v) is 4.42. The van der Waals surface area contributed by atoms with Gasteiger partial charge in [0.05, 0.1) is 23.4 Å². The lowest BCUT2D eigenvalue weighted by atomic mass is 10.1. The molecule has 1 N–H and O–H groups in total. The predicted octanol–water partition coefficient (Wildman–Crippen LogP) is 1.32. The molecule has 7 heteroatoms. The van der Waals surface area contributed by atoms with Gasteiger partial charge in [-0.15, -0.1) is 0 Å². The quantitative estimate of drug-likeness (QED) is 0.659. The number of nitro groups is 1. The van der Waals surface area contributed by atoms with E-state index in [1.165, 1.54) is 10.9 Å². The van der Waals surface area contributed by atoms with Crippen molar-refractivity contribution < 1.29 is 10.0 Å². The van der Waals surface area contributed by atoms with Crippen LogP contribution >= 0.6 is 15.9 Å². The molecule has 0 radical (unpaired) electrons. The minimum atomic E-state index is -0.945. The molecule has 1 heterocycles. The number of aliphatic hydroxyl groups is 1. The number of hydrogen-bond donors (Lipinski definition) is 1. The van der Waals surface area contributed by atoms with Crippen molar-refractivity contribution in [1.29, 1.82) is 0 Å². The summed E-state index contributed by atoms with van der Waals surface area (Å²) in [4.78, 5) is 9.86. The van der Waals surface area contributed by atoms with Crippen molar-refractivity contribution in [1.82, 2.24) is 9.78 Å². The highest BCUT2D eigenvalue weighted by Crippen LogP contribution is 2.22. The van der Waals surface area contributed by atoms with Crippen molar-refractivity contribution in [3.8, 4) is 0 Å². The van der Waals surface area contributed by atoms with Crippen LogP contribution in [0.4, 0.5) is 5.82 Å². The Labute approximate surface area is 88.8 Å². The van der Waals surface area contributed by atoms with Crippen LogP contribution in [-0.4, -0.2) is 25.4 Å². The molecule has 14 heavy (non-hydrogen) atoms. The van der Waals surface area contributed by atoms with Crippen molar-refractivity contribution in [2.75, 3.05) is 0 Å². The highest BCUT2D eigenvalue weighted by atomic mass is 79.9. The summed E-state index contributed by atoms with van der Waals surface area (Å²) >= 11 is 3.02. The van der Waals surface area contributed by atoms with Crippen molar-refractivity contribution >= 4 is 21.7 Å². The van der Waals surface area contributed by atoms with E-state index in [1.807, 2.05) is 0 Å². The Balaban J connectivity index is 2.92. The molecule has 0 atom stereocenters. The maximum Gasteiger partial charge on any atom is 0.404 e. The third-order valence-corrected chi connectivity index (χ3v) is 1.98. The lowest BCUT2D eigenvalue weighted by Crippen LogP contribution is -2.26. The molecule has 1 aromatic heterocycles. The molecule has 0 fully saturated rings. The van der Waals surface area contributed by atoms with Gasteiger partial charge in [-0.2, -0.15) is 4.68 Å². The highest BCUT2D eigenvalue weighted by Gasteiger charge is 2.22. The standard InChI is InChI=1S/C7H10BrN3O3/c1-7(2,12)4-10-3-5(8)6(9-10)11(13)14/h3,12H,4H2,1-2H3. The van der Waals surface area contributed by atoms with Gasteiger partial charge in [0.15, 0.2) is 0 Å². The molecule has 78 valence electrons. The maximum absolute atomic E-state index is 10.4. The average molecular weight is 264 g/mol. The normalized spacial score (nSPS) is 11.7. The van der Waals surface area contributed by atoms with Gasteiger partial charge in [0.2, 0.25) is 0 Å². The first-order chi connectivity index (χ1) is 6.29. The third-order valence-electron chi connectivity index (χ3n) is 1.42. The molecule has 1 rings (SSSR count). The molecule has 1 aromatic rings. The van der Waals surface area contributed by atoms with Gasteiger partial charge in [0, 0.05) is 0 Å². The second-order valence-electron chi connectivity index (χ2n) is 3.57. The van der Waals surface area contributed by atoms with Gasteiger partial charge >= 0.3 is 5.82 Å². The van der Waals surface area contributed by atoms with E-state index in [0.717, 1.165) is 0 Å². The van der Waals surface area contributed by atoms with Gasteiger partial charge in [-0.1, -0.05) is 0 Å². The smallest absolute Gasteiger partial charge is 0.388 e. The van der Waals surface area contributed by atoms with E-state index in [4.69, 9.17) is 0 Å². The minimum Gasteiger partial charge on any atom is -0.388 e. The first-order valence-electron chi connectivity index (χ1n) is 3.89. The van der Waals surface area contributed by atoms with Gasteiger partial charge in [-0.3, -0.25) is 0 Å². The van der Waals surface area contributed by atoms with Crippen molar-refractivity contribution in [3.05, 3.63) is 20.8 Å². The average Bonchev–Trinajstić information content (AvgIpc) is 2.26. The highest BCUT2D eigenvalue weighted by molar-refractivity contribution is 9.10. The van der Waals surface area contributed by atoms with Crippen LogP contribution in [-0.2, 0) is 6.54 Å². The van der Waals surface area contributed by atoms with Gasteiger partial charge in [0.25, 0.3) is 0 Å². The molecule has 0 spiro atoms. The zero-order chi connectivity index (χ0) is 10.9. The molecule has 0 saturated carbocycles. The lowest BCUT2D eigenvalue weighted by Gasteiger charge is -2.13. The Kier molecular flexibility index (Phi) is 2.91. The Morgan fingerprint density at radius 2 is 2.36 bits per heavy atom. The van der Waals surface area contributed by atoms with Gasteiger partial charge < -0.3 is 15.2 Å². The first kappa shape index (κ1) is 11.1. The summed E-state index contributed by atoms with van der Waals surface area (Å²) in [6.45, 7) is 3.42. The van der Waals surface area contributed by atoms with Crippen LogP contribution in [0.1, 0.15) is 13.8 Å². The Bertz CT molecular complexity index is 356. The van der Waals surface area contributed by atoms with E-state index < -0.39 is 10.5 Å². The van der Waals surface area contributed by atoms with Gasteiger partial charge in [-0.05, 0) is 34.7 Å². The molecule has 0 aromatic carbocycles. The SMILES string of the molecule is CC(C)(O)Cn1cc(Br)c([N+](=O)[O-])n1. The summed E-state index contributed by atoms with van der Waals surface area (Å²) in [7, 11) is 0. The second kappa shape index (κ2) is 3.66. The fourth-order valence-electron chi connectivity index (χ4n) is 0.988. The van der Waals surface area contributed by atoms with Gasteiger partial charge in [-0.25, -0.2) is 0 Å². The fraction of sp³-hybridized carbons (Fsp3) is 0.571. The van der Waals surface area contributed by atoms with Crippen LogP contribution in [0.5, 0.6) is 0 Å². The molecule has 0 aliphatic rings. The number of hydrogen-bond acceptors (Lipinski definition) is 4. The Hall–Kier alpha value is -0.950. The van der Waals surface area contributed by atoms with Crippen LogP contribution in [0, 0.1) is 10.1 Å². The summed E-state index contributed by atoms with van der Waals surface area (Å²) in [5, 5.41) is 23.6. The van der Waals surface area contributed by atoms with Crippen LogP contribution in [0.3, 0.4) is 0 Å². The molecule has 0 unspecified atom stereocenters. The van der Waals surface area contributed by atoms with Crippen LogP contribution < -0.4 is 0 Å². The van der Waals surface area contributed by atoms with E-state index in [9.17, 15) is 15.2 Å². The van der Waals surface area contributed by atoms with E-state index in [2.05, 4.69) is 21.0 Å². The van der Waals surface area contributed by atoms with Crippen LogP contribution in [0.2, 0.25) is 0 Å². The first-order valence-corrected chi connectivity index (χ1v) is 4.68. The third kappa shape index (κ3) is 2.78. The summed E-state index contributed by atoms with van der Waals surface area (Å²) in [6, 6.07) is 0. The zero-order valence-corrected chi connectivity index (χ0v) is 9.35. The summed E-state index contributed by atoms with van der Waals surface area (Å²) < 4.78 is 1.65. The number of rotatable bonds is 3. The van der Waals surface area contributed by atoms with E-state index in [0.29, 0.717) is 4.47 Å². The Morgan fingerprint density at radius 3 is 2.71 bits per heavy atom.